The summed E-state index contributed by atoms with van der Waals surface area (Å²) in [5, 5.41) is 3.99. The zero-order chi connectivity index (χ0) is 15.9. The number of benzene rings is 2. The van der Waals surface area contributed by atoms with E-state index >= 15 is 0 Å². The van der Waals surface area contributed by atoms with Crippen LogP contribution in [0.3, 0.4) is 0 Å². The van der Waals surface area contributed by atoms with Crippen molar-refractivity contribution in [1.29, 1.82) is 0 Å². The van der Waals surface area contributed by atoms with Crippen LogP contribution >= 0.6 is 11.8 Å². The first-order valence-electron chi connectivity index (χ1n) is 6.85. The molecule has 0 aromatic heterocycles. The van der Waals surface area contributed by atoms with Crippen LogP contribution in [0.4, 0.5) is 5.69 Å². The number of hydrazone groups is 1. The van der Waals surface area contributed by atoms with Crippen LogP contribution in [0.15, 0.2) is 58.5 Å². The molecule has 4 nitrogen and oxygen atoms in total. The molecule has 0 spiro atoms. The number of nitrogens with one attached hydrogen (secondary N) is 1. The van der Waals surface area contributed by atoms with E-state index in [4.69, 9.17) is 0 Å². The average Bonchev–Trinajstić information content (AvgIpc) is 2.55. The van der Waals surface area contributed by atoms with Crippen LogP contribution in [0.2, 0.25) is 0 Å². The average molecular weight is 313 g/mol. The van der Waals surface area contributed by atoms with E-state index in [1.54, 1.807) is 30.1 Å². The smallest absolute Gasteiger partial charge is 0.271 e. The summed E-state index contributed by atoms with van der Waals surface area (Å²) in [6.07, 6.45) is 3.67. The highest BCUT2D eigenvalue weighted by molar-refractivity contribution is 7.98. The lowest BCUT2D eigenvalue weighted by atomic mass is 10.2. The minimum atomic E-state index is -0.220. The van der Waals surface area contributed by atoms with Crippen LogP contribution in [0.25, 0.3) is 0 Å². The van der Waals surface area contributed by atoms with E-state index in [0.29, 0.717) is 5.56 Å². The maximum absolute atomic E-state index is 12.0. The van der Waals surface area contributed by atoms with E-state index in [1.165, 1.54) is 4.90 Å². The third-order valence-electron chi connectivity index (χ3n) is 3.14. The predicted molar refractivity (Wildman–Crippen MR) is 94.1 cm³/mol. The quantitative estimate of drug-likeness (QED) is 0.523. The number of hydrogen-bond donors (Lipinski definition) is 1. The summed E-state index contributed by atoms with van der Waals surface area (Å²) < 4.78 is 0. The highest BCUT2D eigenvalue weighted by Crippen LogP contribution is 2.14. The number of carbonyl (C=O) groups excluding carboxylic acids is 1. The molecule has 0 unspecified atom stereocenters. The lowest BCUT2D eigenvalue weighted by molar-refractivity contribution is 0.0955. The van der Waals surface area contributed by atoms with Crippen molar-refractivity contribution in [2.24, 2.45) is 5.10 Å². The van der Waals surface area contributed by atoms with Crippen molar-refractivity contribution < 1.29 is 4.79 Å². The molecule has 0 saturated heterocycles. The Hall–Kier alpha value is -2.27. The molecule has 2 aromatic carbocycles. The first-order valence-corrected chi connectivity index (χ1v) is 8.07. The van der Waals surface area contributed by atoms with E-state index in [0.717, 1.165) is 11.3 Å². The van der Waals surface area contributed by atoms with Crippen LogP contribution in [-0.4, -0.2) is 32.5 Å². The largest absolute Gasteiger partial charge is 0.378 e. The van der Waals surface area contributed by atoms with Gasteiger partial charge in [0, 0.05) is 30.2 Å². The fourth-order valence-electron chi connectivity index (χ4n) is 1.83. The minimum Gasteiger partial charge on any atom is -0.378 e. The van der Waals surface area contributed by atoms with Crippen molar-refractivity contribution in [1.82, 2.24) is 5.43 Å². The van der Waals surface area contributed by atoms with Crippen molar-refractivity contribution in [3.8, 4) is 0 Å². The van der Waals surface area contributed by atoms with Gasteiger partial charge in [0.1, 0.15) is 0 Å². The van der Waals surface area contributed by atoms with Gasteiger partial charge in [0.15, 0.2) is 0 Å². The Morgan fingerprint density at radius 2 is 1.73 bits per heavy atom. The third-order valence-corrected chi connectivity index (χ3v) is 3.88. The first-order chi connectivity index (χ1) is 10.6. The van der Waals surface area contributed by atoms with Crippen LogP contribution in [0.5, 0.6) is 0 Å². The zero-order valence-corrected chi connectivity index (χ0v) is 13.7. The molecule has 5 heteroatoms. The summed E-state index contributed by atoms with van der Waals surface area (Å²) in [5.41, 5.74) is 5.12. The molecule has 1 N–H and O–H groups in total. The van der Waals surface area contributed by atoms with E-state index in [2.05, 4.69) is 10.5 Å². The second kappa shape index (κ2) is 7.66. The molecule has 0 bridgehead atoms. The lowest BCUT2D eigenvalue weighted by Gasteiger charge is -2.12. The molecule has 114 valence electrons. The summed E-state index contributed by atoms with van der Waals surface area (Å²) in [7, 11) is 3.92. The van der Waals surface area contributed by atoms with Crippen LogP contribution in [-0.2, 0) is 0 Å². The van der Waals surface area contributed by atoms with Gasteiger partial charge in [-0.25, -0.2) is 5.43 Å². The summed E-state index contributed by atoms with van der Waals surface area (Å²) in [4.78, 5) is 15.2. The Labute approximate surface area is 135 Å². The van der Waals surface area contributed by atoms with E-state index < -0.39 is 0 Å². The molecule has 0 heterocycles. The zero-order valence-electron chi connectivity index (χ0n) is 12.9. The molecule has 0 atom stereocenters. The monoisotopic (exact) mass is 313 g/mol. The molecular formula is C17H19N3OS. The van der Waals surface area contributed by atoms with Gasteiger partial charge in [0.05, 0.1) is 6.21 Å². The predicted octanol–water partition coefficient (Wildman–Crippen LogP) is 3.24. The van der Waals surface area contributed by atoms with Gasteiger partial charge >= 0.3 is 0 Å². The Balaban J connectivity index is 1.95. The maximum atomic E-state index is 12.0. The number of carbonyl (C=O) groups is 1. The molecule has 0 saturated carbocycles. The molecule has 0 aliphatic carbocycles. The highest BCUT2D eigenvalue weighted by Gasteiger charge is 2.04. The van der Waals surface area contributed by atoms with Gasteiger partial charge in [-0.2, -0.15) is 5.10 Å². The topological polar surface area (TPSA) is 44.7 Å². The number of hydrogen-bond acceptors (Lipinski definition) is 4. The molecule has 1 amide bonds. The molecular weight excluding hydrogens is 294 g/mol. The Morgan fingerprint density at radius 1 is 1.09 bits per heavy atom. The third kappa shape index (κ3) is 4.36. The van der Waals surface area contributed by atoms with E-state index in [-0.39, 0.29) is 5.91 Å². The van der Waals surface area contributed by atoms with Crippen molar-refractivity contribution in [3.63, 3.8) is 0 Å². The molecule has 0 fully saturated rings. The Kier molecular flexibility index (Phi) is 5.61. The fraction of sp³-hybridized carbons (Fsp3) is 0.176. The molecule has 22 heavy (non-hydrogen) atoms. The second-order valence-electron chi connectivity index (χ2n) is 4.91. The molecule has 2 aromatic rings. The van der Waals surface area contributed by atoms with Crippen molar-refractivity contribution >= 4 is 29.6 Å². The van der Waals surface area contributed by atoms with Crippen LogP contribution in [0.1, 0.15) is 15.9 Å². The van der Waals surface area contributed by atoms with Crippen LogP contribution < -0.4 is 10.3 Å². The SMILES string of the molecule is CSc1ccc(C=NNC(=O)c2ccc(N(C)C)cc2)cc1. The van der Waals surface area contributed by atoms with Gasteiger partial charge in [0.25, 0.3) is 5.91 Å². The molecule has 0 aliphatic heterocycles. The van der Waals surface area contributed by atoms with Crippen molar-refractivity contribution in [3.05, 3.63) is 59.7 Å². The first kappa shape index (κ1) is 16.1. The number of thioether (sulfide) groups is 1. The lowest BCUT2D eigenvalue weighted by Crippen LogP contribution is -2.17. The van der Waals surface area contributed by atoms with Crippen molar-refractivity contribution in [2.45, 2.75) is 4.90 Å². The van der Waals surface area contributed by atoms with Gasteiger partial charge in [-0.3, -0.25) is 4.79 Å². The Morgan fingerprint density at radius 3 is 2.27 bits per heavy atom. The van der Waals surface area contributed by atoms with Gasteiger partial charge in [0.2, 0.25) is 0 Å². The maximum Gasteiger partial charge on any atom is 0.271 e. The minimum absolute atomic E-state index is 0.220. The fourth-order valence-corrected chi connectivity index (χ4v) is 2.24. The number of amides is 1. The molecule has 0 aliphatic rings. The highest BCUT2D eigenvalue weighted by atomic mass is 32.2. The summed E-state index contributed by atoms with van der Waals surface area (Å²) >= 11 is 1.69. The van der Waals surface area contributed by atoms with E-state index in [9.17, 15) is 4.79 Å². The normalized spacial score (nSPS) is 10.7. The van der Waals surface area contributed by atoms with Gasteiger partial charge in [-0.05, 0) is 48.2 Å². The van der Waals surface area contributed by atoms with Crippen LogP contribution in [0, 0.1) is 0 Å². The standard InChI is InChI=1S/C17H19N3OS/c1-20(2)15-8-6-14(7-9-15)17(21)19-18-12-13-4-10-16(22-3)11-5-13/h4-12H,1-3H3,(H,19,21). The van der Waals surface area contributed by atoms with Crippen molar-refractivity contribution in [2.75, 3.05) is 25.3 Å². The summed E-state index contributed by atoms with van der Waals surface area (Å²) in [6, 6.07) is 15.3. The summed E-state index contributed by atoms with van der Waals surface area (Å²) in [6.45, 7) is 0. The molecule has 2 rings (SSSR count). The summed E-state index contributed by atoms with van der Waals surface area (Å²) in [5.74, 6) is -0.220. The van der Waals surface area contributed by atoms with E-state index in [1.807, 2.05) is 61.6 Å². The van der Waals surface area contributed by atoms with Gasteiger partial charge in [-0.15, -0.1) is 11.8 Å². The van der Waals surface area contributed by atoms with Gasteiger partial charge < -0.3 is 4.90 Å². The second-order valence-corrected chi connectivity index (χ2v) is 5.79. The Bertz CT molecular complexity index is 649. The van der Waals surface area contributed by atoms with Gasteiger partial charge in [-0.1, -0.05) is 12.1 Å². The number of rotatable bonds is 5. The number of anilines is 1. The number of nitrogens with zero attached hydrogens (tertiary/aromatic N) is 2. The molecule has 0 radical (unpaired) electrons.